The molecule has 2 heterocycles. The molecule has 2 aromatic carbocycles. The Hall–Kier alpha value is -3.37. The molecule has 1 atom stereocenters. The summed E-state index contributed by atoms with van der Waals surface area (Å²) in [4.78, 5) is 40.3. The summed E-state index contributed by atoms with van der Waals surface area (Å²) in [6, 6.07) is 8.98. The molecule has 11 nitrogen and oxygen atoms in total. The highest BCUT2D eigenvalue weighted by atomic mass is 35.5. The predicted octanol–water partition coefficient (Wildman–Crippen LogP) is 3.23. The fourth-order valence-electron chi connectivity index (χ4n) is 4.61. The van der Waals surface area contributed by atoms with E-state index in [4.69, 9.17) is 37.8 Å². The minimum Gasteiger partial charge on any atom is -0.489 e. The highest BCUT2D eigenvalue weighted by Gasteiger charge is 2.42. The number of aromatic amines is 1. The van der Waals surface area contributed by atoms with Gasteiger partial charge in [-0.3, -0.25) is 14.5 Å². The molecule has 4 rings (SSSR count). The van der Waals surface area contributed by atoms with Gasteiger partial charge in [0.2, 0.25) is 10.0 Å². The number of benzene rings is 2. The van der Waals surface area contributed by atoms with E-state index >= 15 is 0 Å². The number of fused-ring (bicyclic) bond motifs is 1. The molecule has 0 unspecified atom stereocenters. The minimum absolute atomic E-state index is 0.0341. The van der Waals surface area contributed by atoms with Gasteiger partial charge in [-0.25, -0.2) is 18.4 Å². The Balaban J connectivity index is 1.42. The summed E-state index contributed by atoms with van der Waals surface area (Å²) < 4.78 is 73.6. The Bertz CT molecular complexity index is 1690. The van der Waals surface area contributed by atoms with Gasteiger partial charge in [0.25, 0.3) is 11.5 Å². The molecule has 3 aromatic rings. The number of halogens is 5. The Labute approximate surface area is 253 Å². The van der Waals surface area contributed by atoms with Crippen molar-refractivity contribution in [2.24, 2.45) is 5.14 Å². The lowest BCUT2D eigenvalue weighted by Gasteiger charge is -2.34. The predicted molar refractivity (Wildman–Crippen MR) is 151 cm³/mol. The summed E-state index contributed by atoms with van der Waals surface area (Å²) in [6.45, 7) is -0.0630. The number of hydrogen-bond acceptors (Lipinski definition) is 8. The molecule has 232 valence electrons. The third-order valence-corrected chi connectivity index (χ3v) is 8.53. The van der Waals surface area contributed by atoms with Crippen molar-refractivity contribution in [3.8, 4) is 5.75 Å². The first-order valence-electron chi connectivity index (χ1n) is 12.7. The van der Waals surface area contributed by atoms with Gasteiger partial charge in [0.05, 0.1) is 22.2 Å². The number of sulfonamides is 1. The number of ether oxygens (including phenoxy) is 2. The highest BCUT2D eigenvalue weighted by Crippen LogP contribution is 2.37. The maximum Gasteiger partial charge on any atom is 0.490 e. The SMILES string of the molecule is NS(=O)(=O)c1c(OC2CCN(C[C@@H](CNC(=O)c3c[nH]c(=O)c4ccccc34)OC(=O)C(F)(F)F)CC2)ccc(Cl)c1Cl. The van der Waals surface area contributed by atoms with Crippen LogP contribution in [0.3, 0.4) is 0 Å². The third kappa shape index (κ3) is 7.97. The van der Waals surface area contributed by atoms with E-state index < -0.39 is 57.3 Å². The fraction of sp³-hybridized carbons (Fsp3) is 0.346. The monoisotopic (exact) mass is 664 g/mol. The third-order valence-electron chi connectivity index (χ3n) is 6.64. The molecule has 0 aliphatic carbocycles. The van der Waals surface area contributed by atoms with Gasteiger partial charge in [-0.1, -0.05) is 41.4 Å². The zero-order chi connectivity index (χ0) is 31.5. The molecular weight excluding hydrogens is 640 g/mol. The normalized spacial score (nSPS) is 15.7. The van der Waals surface area contributed by atoms with E-state index in [1.165, 1.54) is 24.4 Å². The number of primary sulfonamides is 1. The van der Waals surface area contributed by atoms with Crippen molar-refractivity contribution in [1.29, 1.82) is 0 Å². The number of amides is 1. The van der Waals surface area contributed by atoms with Gasteiger partial charge in [-0.2, -0.15) is 13.2 Å². The Morgan fingerprint density at radius 3 is 2.40 bits per heavy atom. The zero-order valence-electron chi connectivity index (χ0n) is 22.1. The highest BCUT2D eigenvalue weighted by molar-refractivity contribution is 7.89. The number of carbonyl (C=O) groups excluding carboxylic acids is 2. The molecule has 1 aliphatic rings. The smallest absolute Gasteiger partial charge is 0.489 e. The molecule has 0 saturated carbocycles. The zero-order valence-corrected chi connectivity index (χ0v) is 24.4. The van der Waals surface area contributed by atoms with Gasteiger partial charge in [-0.05, 0) is 31.0 Å². The maximum atomic E-state index is 13.0. The van der Waals surface area contributed by atoms with Crippen molar-refractivity contribution in [3.63, 3.8) is 0 Å². The van der Waals surface area contributed by atoms with Gasteiger partial charge in [0, 0.05) is 36.6 Å². The van der Waals surface area contributed by atoms with Crippen molar-refractivity contribution < 1.29 is 40.7 Å². The van der Waals surface area contributed by atoms with Crippen LogP contribution in [0, 0.1) is 0 Å². The number of aromatic nitrogens is 1. The van der Waals surface area contributed by atoms with Crippen molar-refractivity contribution in [2.75, 3.05) is 26.2 Å². The lowest BCUT2D eigenvalue weighted by atomic mass is 10.1. The van der Waals surface area contributed by atoms with E-state index in [0.29, 0.717) is 18.2 Å². The van der Waals surface area contributed by atoms with Crippen LogP contribution in [-0.2, 0) is 19.6 Å². The Kier molecular flexibility index (Phi) is 9.91. The van der Waals surface area contributed by atoms with Gasteiger partial charge >= 0.3 is 12.1 Å². The minimum atomic E-state index is -5.25. The van der Waals surface area contributed by atoms with E-state index in [1.807, 2.05) is 0 Å². The van der Waals surface area contributed by atoms with E-state index in [0.717, 1.165) is 0 Å². The molecule has 1 fully saturated rings. The molecule has 0 radical (unpaired) electrons. The second-order valence-corrected chi connectivity index (χ2v) is 11.9. The lowest BCUT2D eigenvalue weighted by molar-refractivity contribution is -0.205. The van der Waals surface area contributed by atoms with E-state index in [2.05, 4.69) is 10.3 Å². The van der Waals surface area contributed by atoms with Gasteiger partial charge in [0.15, 0.2) is 0 Å². The first-order valence-corrected chi connectivity index (χ1v) is 15.0. The van der Waals surface area contributed by atoms with Crippen LogP contribution in [0.5, 0.6) is 5.75 Å². The van der Waals surface area contributed by atoms with Crippen molar-refractivity contribution in [3.05, 3.63) is 68.6 Å². The van der Waals surface area contributed by atoms with Crippen molar-refractivity contribution in [1.82, 2.24) is 15.2 Å². The van der Waals surface area contributed by atoms with E-state index in [9.17, 15) is 36.0 Å². The molecular formula is C26H25Cl2F3N4O7S. The largest absolute Gasteiger partial charge is 0.490 e. The number of pyridine rings is 1. The topological polar surface area (TPSA) is 161 Å². The number of nitrogens with two attached hydrogens (primary N) is 1. The number of hydrogen-bond donors (Lipinski definition) is 3. The number of likely N-dealkylation sites (tertiary alicyclic amines) is 1. The summed E-state index contributed by atoms with van der Waals surface area (Å²) in [5.41, 5.74) is -0.341. The van der Waals surface area contributed by atoms with E-state index in [1.54, 1.807) is 23.1 Å². The van der Waals surface area contributed by atoms with Crippen LogP contribution < -0.4 is 20.8 Å². The summed E-state index contributed by atoms with van der Waals surface area (Å²) in [5.74, 6) is -3.20. The summed E-state index contributed by atoms with van der Waals surface area (Å²) >= 11 is 12.0. The van der Waals surface area contributed by atoms with Crippen LogP contribution in [0.15, 0.2) is 52.3 Å². The van der Waals surface area contributed by atoms with Crippen LogP contribution in [0.25, 0.3) is 10.8 Å². The summed E-state index contributed by atoms with van der Waals surface area (Å²) in [7, 11) is -4.28. The van der Waals surface area contributed by atoms with Crippen LogP contribution in [0.4, 0.5) is 13.2 Å². The molecule has 1 amide bonds. The average Bonchev–Trinajstić information content (AvgIpc) is 2.93. The Morgan fingerprint density at radius 1 is 1.12 bits per heavy atom. The molecule has 43 heavy (non-hydrogen) atoms. The van der Waals surface area contributed by atoms with Gasteiger partial charge in [0.1, 0.15) is 22.9 Å². The molecule has 0 spiro atoms. The quantitative estimate of drug-likeness (QED) is 0.294. The van der Waals surface area contributed by atoms with Crippen LogP contribution >= 0.6 is 23.2 Å². The number of nitrogens with one attached hydrogen (secondary N) is 2. The number of carbonyl (C=O) groups is 2. The van der Waals surface area contributed by atoms with Crippen molar-refractivity contribution >= 4 is 55.9 Å². The van der Waals surface area contributed by atoms with Crippen LogP contribution in [0.2, 0.25) is 10.0 Å². The molecule has 4 N–H and O–H groups in total. The first kappa shape index (κ1) is 32.5. The first-order chi connectivity index (χ1) is 20.1. The standard InChI is InChI=1S/C26H25Cl2F3N4O7S/c27-19-5-6-20(22(21(19)28)43(32,39)40)41-14-7-9-35(10-8-14)13-15(42-25(38)26(29,30)31)11-33-24(37)18-12-34-23(36)17-4-2-1-3-16(17)18/h1-6,12,14-15H,7-11,13H2,(H,33,37)(H,34,36)(H2,32,39,40)/t15-/m1/s1. The molecule has 1 aromatic heterocycles. The number of alkyl halides is 3. The summed E-state index contributed by atoms with van der Waals surface area (Å²) in [6.07, 6.45) is -5.30. The number of rotatable bonds is 9. The van der Waals surface area contributed by atoms with Gasteiger partial charge < -0.3 is 19.8 Å². The van der Waals surface area contributed by atoms with Crippen LogP contribution in [-0.4, -0.2) is 74.7 Å². The molecule has 1 aliphatic heterocycles. The fourth-order valence-corrected chi connectivity index (χ4v) is 6.06. The molecule has 0 bridgehead atoms. The number of nitrogens with zero attached hydrogens (tertiary/aromatic N) is 1. The Morgan fingerprint density at radius 2 is 1.77 bits per heavy atom. The summed E-state index contributed by atoms with van der Waals surface area (Å²) in [5, 5.41) is 8.02. The average molecular weight is 665 g/mol. The lowest BCUT2D eigenvalue weighted by Crippen LogP contribution is -2.47. The van der Waals surface area contributed by atoms with Gasteiger partial charge in [-0.15, -0.1) is 0 Å². The second-order valence-electron chi connectivity index (χ2n) is 9.66. The maximum absolute atomic E-state index is 13.0. The van der Waals surface area contributed by atoms with Crippen molar-refractivity contribution in [2.45, 2.75) is 36.1 Å². The molecule has 17 heteroatoms. The number of H-pyrrole nitrogens is 1. The second kappa shape index (κ2) is 13.1. The molecule has 1 saturated heterocycles. The number of esters is 1. The van der Waals surface area contributed by atoms with Crippen LogP contribution in [0.1, 0.15) is 23.2 Å². The number of piperidine rings is 1. The van der Waals surface area contributed by atoms with E-state index in [-0.39, 0.29) is 46.4 Å².